The molecule has 2 aromatic rings. The molecular weight excluding hydrogens is 192 g/mol. The average molecular weight is 206 g/mol. The Hall–Kier alpha value is -1.55. The van der Waals surface area contributed by atoms with Crippen molar-refractivity contribution in [1.82, 2.24) is 4.98 Å². The van der Waals surface area contributed by atoms with Crippen LogP contribution in [0.25, 0.3) is 11.1 Å². The molecule has 0 amide bonds. The summed E-state index contributed by atoms with van der Waals surface area (Å²) in [5, 5.41) is 0. The standard InChI is InChI=1S/C11H14N2O2/c1-6(2)10(12)7-3-4-8-9(5-7)15-11(14)13-8/h3-6,10H,12H2,1-2H3,(H,13,14). The number of hydrogen-bond acceptors (Lipinski definition) is 3. The summed E-state index contributed by atoms with van der Waals surface area (Å²) in [5.41, 5.74) is 8.26. The fraction of sp³-hybridized carbons (Fsp3) is 0.364. The molecule has 1 aromatic carbocycles. The van der Waals surface area contributed by atoms with E-state index in [9.17, 15) is 4.79 Å². The van der Waals surface area contributed by atoms with Crippen molar-refractivity contribution in [1.29, 1.82) is 0 Å². The summed E-state index contributed by atoms with van der Waals surface area (Å²) in [6.07, 6.45) is 0. The van der Waals surface area contributed by atoms with Gasteiger partial charge in [0, 0.05) is 6.04 Å². The Kier molecular flexibility index (Phi) is 2.36. The number of fused-ring (bicyclic) bond motifs is 1. The summed E-state index contributed by atoms with van der Waals surface area (Å²) in [6.45, 7) is 4.12. The molecule has 0 saturated heterocycles. The molecule has 1 aromatic heterocycles. The molecule has 0 aliphatic heterocycles. The van der Waals surface area contributed by atoms with Crippen molar-refractivity contribution in [2.45, 2.75) is 19.9 Å². The second-order valence-corrected chi connectivity index (χ2v) is 4.04. The normalized spacial score (nSPS) is 13.6. The number of hydrogen-bond donors (Lipinski definition) is 2. The van der Waals surface area contributed by atoms with Crippen LogP contribution in [0.1, 0.15) is 25.5 Å². The van der Waals surface area contributed by atoms with Gasteiger partial charge >= 0.3 is 5.76 Å². The molecular formula is C11H14N2O2. The van der Waals surface area contributed by atoms with Gasteiger partial charge in [0.1, 0.15) is 0 Å². The molecule has 0 bridgehead atoms. The first kappa shape index (κ1) is 9.98. The van der Waals surface area contributed by atoms with Crippen molar-refractivity contribution < 1.29 is 4.42 Å². The van der Waals surface area contributed by atoms with E-state index in [0.717, 1.165) is 5.56 Å². The third kappa shape index (κ3) is 1.80. The van der Waals surface area contributed by atoms with Crippen LogP contribution in [-0.4, -0.2) is 4.98 Å². The zero-order valence-electron chi connectivity index (χ0n) is 8.78. The lowest BCUT2D eigenvalue weighted by Crippen LogP contribution is -2.16. The Morgan fingerprint density at radius 3 is 2.80 bits per heavy atom. The summed E-state index contributed by atoms with van der Waals surface area (Å²) < 4.78 is 4.97. The summed E-state index contributed by atoms with van der Waals surface area (Å²) in [4.78, 5) is 13.5. The SMILES string of the molecule is CC(C)C(N)c1ccc2[nH]c(=O)oc2c1. The van der Waals surface area contributed by atoms with Crippen molar-refractivity contribution >= 4 is 11.1 Å². The summed E-state index contributed by atoms with van der Waals surface area (Å²) in [6, 6.07) is 5.52. The van der Waals surface area contributed by atoms with Crippen LogP contribution in [0.5, 0.6) is 0 Å². The fourth-order valence-electron chi connectivity index (χ4n) is 1.55. The number of oxazole rings is 1. The quantitative estimate of drug-likeness (QED) is 0.786. The van der Waals surface area contributed by atoms with E-state index in [0.29, 0.717) is 17.0 Å². The molecule has 80 valence electrons. The number of benzene rings is 1. The highest BCUT2D eigenvalue weighted by Gasteiger charge is 2.11. The van der Waals surface area contributed by atoms with Gasteiger partial charge in [0.15, 0.2) is 5.58 Å². The monoisotopic (exact) mass is 206 g/mol. The number of aromatic amines is 1. The molecule has 3 N–H and O–H groups in total. The van der Waals surface area contributed by atoms with Gasteiger partial charge in [-0.25, -0.2) is 4.79 Å². The smallest absolute Gasteiger partial charge is 0.408 e. The van der Waals surface area contributed by atoms with E-state index < -0.39 is 5.76 Å². The van der Waals surface area contributed by atoms with Gasteiger partial charge < -0.3 is 10.2 Å². The number of nitrogens with two attached hydrogens (primary N) is 1. The minimum atomic E-state index is -0.430. The van der Waals surface area contributed by atoms with Crippen LogP contribution in [0.3, 0.4) is 0 Å². The number of H-pyrrole nitrogens is 1. The summed E-state index contributed by atoms with van der Waals surface area (Å²) in [7, 11) is 0. The Balaban J connectivity index is 2.50. The lowest BCUT2D eigenvalue weighted by atomic mass is 9.97. The van der Waals surface area contributed by atoms with Crippen molar-refractivity contribution in [3.8, 4) is 0 Å². The third-order valence-electron chi connectivity index (χ3n) is 2.55. The van der Waals surface area contributed by atoms with E-state index in [2.05, 4.69) is 18.8 Å². The van der Waals surface area contributed by atoms with Crippen LogP contribution in [0.4, 0.5) is 0 Å². The van der Waals surface area contributed by atoms with Crippen molar-refractivity contribution in [2.24, 2.45) is 11.7 Å². The van der Waals surface area contributed by atoms with Crippen LogP contribution in [-0.2, 0) is 0 Å². The second-order valence-electron chi connectivity index (χ2n) is 4.04. The zero-order valence-corrected chi connectivity index (χ0v) is 8.78. The Labute approximate surface area is 87.1 Å². The maximum Gasteiger partial charge on any atom is 0.417 e. The Morgan fingerprint density at radius 1 is 1.40 bits per heavy atom. The summed E-state index contributed by atoms with van der Waals surface area (Å²) >= 11 is 0. The van der Waals surface area contributed by atoms with Gasteiger partial charge in [-0.15, -0.1) is 0 Å². The first-order chi connectivity index (χ1) is 7.08. The van der Waals surface area contributed by atoms with Gasteiger partial charge in [-0.2, -0.15) is 0 Å². The first-order valence-corrected chi connectivity index (χ1v) is 4.96. The van der Waals surface area contributed by atoms with Crippen LogP contribution < -0.4 is 11.5 Å². The number of aromatic nitrogens is 1. The molecule has 0 spiro atoms. The lowest BCUT2D eigenvalue weighted by Gasteiger charge is -2.15. The third-order valence-corrected chi connectivity index (χ3v) is 2.55. The van der Waals surface area contributed by atoms with Gasteiger partial charge in [0.25, 0.3) is 0 Å². The molecule has 0 saturated carbocycles. The average Bonchev–Trinajstić information content (AvgIpc) is 2.55. The molecule has 1 atom stereocenters. The predicted molar refractivity (Wildman–Crippen MR) is 58.6 cm³/mol. The maximum absolute atomic E-state index is 11.0. The molecule has 2 rings (SSSR count). The van der Waals surface area contributed by atoms with Gasteiger partial charge in [0.05, 0.1) is 5.52 Å². The molecule has 0 aliphatic rings. The summed E-state index contributed by atoms with van der Waals surface area (Å²) in [5.74, 6) is -0.0756. The molecule has 0 fully saturated rings. The topological polar surface area (TPSA) is 72.0 Å². The molecule has 1 unspecified atom stereocenters. The van der Waals surface area contributed by atoms with Crippen LogP contribution in [0, 0.1) is 5.92 Å². The van der Waals surface area contributed by atoms with Crippen LogP contribution in [0.2, 0.25) is 0 Å². The minimum absolute atomic E-state index is 0.0328. The zero-order chi connectivity index (χ0) is 11.0. The van der Waals surface area contributed by atoms with E-state index in [-0.39, 0.29) is 6.04 Å². The molecule has 4 heteroatoms. The first-order valence-electron chi connectivity index (χ1n) is 4.96. The van der Waals surface area contributed by atoms with Gasteiger partial charge in [-0.05, 0) is 23.6 Å². The van der Waals surface area contributed by atoms with E-state index in [4.69, 9.17) is 10.2 Å². The predicted octanol–water partition coefficient (Wildman–Crippen LogP) is 1.78. The van der Waals surface area contributed by atoms with Crippen molar-refractivity contribution in [3.63, 3.8) is 0 Å². The van der Waals surface area contributed by atoms with Crippen LogP contribution in [0.15, 0.2) is 27.4 Å². The van der Waals surface area contributed by atoms with E-state index in [1.54, 1.807) is 0 Å². The fourth-order valence-corrected chi connectivity index (χ4v) is 1.55. The van der Waals surface area contributed by atoms with E-state index in [1.807, 2.05) is 18.2 Å². The largest absolute Gasteiger partial charge is 0.417 e. The second kappa shape index (κ2) is 3.55. The van der Waals surface area contributed by atoms with Gasteiger partial charge in [-0.3, -0.25) is 4.98 Å². The van der Waals surface area contributed by atoms with Crippen molar-refractivity contribution in [2.75, 3.05) is 0 Å². The molecule has 4 nitrogen and oxygen atoms in total. The Morgan fingerprint density at radius 2 is 2.13 bits per heavy atom. The van der Waals surface area contributed by atoms with Crippen molar-refractivity contribution in [3.05, 3.63) is 34.3 Å². The van der Waals surface area contributed by atoms with Crippen LogP contribution >= 0.6 is 0 Å². The number of rotatable bonds is 2. The Bertz CT molecular complexity index is 525. The lowest BCUT2D eigenvalue weighted by molar-refractivity contribution is 0.512. The van der Waals surface area contributed by atoms with Gasteiger partial charge in [-0.1, -0.05) is 19.9 Å². The van der Waals surface area contributed by atoms with Gasteiger partial charge in [0.2, 0.25) is 0 Å². The van der Waals surface area contributed by atoms with E-state index in [1.165, 1.54) is 0 Å². The maximum atomic E-state index is 11.0. The highest BCUT2D eigenvalue weighted by Crippen LogP contribution is 2.21. The highest BCUT2D eigenvalue weighted by atomic mass is 16.4. The minimum Gasteiger partial charge on any atom is -0.408 e. The highest BCUT2D eigenvalue weighted by molar-refractivity contribution is 5.72. The molecule has 0 radical (unpaired) electrons. The molecule has 15 heavy (non-hydrogen) atoms. The molecule has 1 heterocycles. The number of nitrogens with one attached hydrogen (secondary N) is 1. The molecule has 0 aliphatic carbocycles. The van der Waals surface area contributed by atoms with E-state index >= 15 is 0 Å².